The van der Waals surface area contributed by atoms with Gasteiger partial charge in [0.25, 0.3) is 5.56 Å². The fraction of sp³-hybridized carbons (Fsp3) is 0.250. The Morgan fingerprint density at radius 2 is 1.85 bits per heavy atom. The Morgan fingerprint density at radius 1 is 1.19 bits per heavy atom. The average molecular weight is 402 g/mol. The second-order valence-electron chi connectivity index (χ2n) is 6.52. The second kappa shape index (κ2) is 7.74. The number of aromatic nitrogens is 2. The lowest BCUT2D eigenvalue weighted by molar-refractivity contribution is -0.127. The third-order valence-corrected chi connectivity index (χ3v) is 5.44. The van der Waals surface area contributed by atoms with E-state index in [-0.39, 0.29) is 16.7 Å². The minimum absolute atomic E-state index is 0.0455. The number of nitrogens with zero attached hydrogens (tertiary/aromatic N) is 3. The summed E-state index contributed by atoms with van der Waals surface area (Å²) >= 11 is 7.34. The number of benzene rings is 2. The van der Waals surface area contributed by atoms with Gasteiger partial charge in [-0.25, -0.2) is 4.98 Å². The summed E-state index contributed by atoms with van der Waals surface area (Å²) in [4.78, 5) is 31.7. The van der Waals surface area contributed by atoms with Crippen LogP contribution in [0.25, 0.3) is 16.6 Å². The summed E-state index contributed by atoms with van der Waals surface area (Å²) in [5.41, 5.74) is 2.13. The van der Waals surface area contributed by atoms with E-state index in [1.165, 1.54) is 16.7 Å². The molecule has 140 valence electrons. The minimum atomic E-state index is -0.389. The van der Waals surface area contributed by atoms with Crippen LogP contribution in [0.1, 0.15) is 12.5 Å². The number of amides is 1. The van der Waals surface area contributed by atoms with Crippen molar-refractivity contribution in [3.63, 3.8) is 0 Å². The fourth-order valence-corrected chi connectivity index (χ4v) is 3.95. The molecule has 27 heavy (non-hydrogen) atoms. The summed E-state index contributed by atoms with van der Waals surface area (Å²) in [6, 6.07) is 12.7. The molecule has 0 unspecified atom stereocenters. The SMILES string of the molecule is Cc1ccc(-n2c(S[C@@H](C)C(=O)N(C)C)nc3cc(Cl)ccc3c2=O)cc1. The molecule has 1 heterocycles. The molecule has 7 heteroatoms. The monoisotopic (exact) mass is 401 g/mol. The normalized spacial score (nSPS) is 12.2. The molecule has 0 spiro atoms. The Hall–Kier alpha value is -2.31. The zero-order valence-corrected chi connectivity index (χ0v) is 17.1. The van der Waals surface area contributed by atoms with E-state index in [0.717, 1.165) is 5.56 Å². The van der Waals surface area contributed by atoms with Gasteiger partial charge >= 0.3 is 0 Å². The first-order valence-electron chi connectivity index (χ1n) is 8.45. The van der Waals surface area contributed by atoms with Gasteiger partial charge in [0.1, 0.15) is 0 Å². The van der Waals surface area contributed by atoms with Crippen molar-refractivity contribution < 1.29 is 4.79 Å². The van der Waals surface area contributed by atoms with Crippen molar-refractivity contribution in [3.8, 4) is 5.69 Å². The van der Waals surface area contributed by atoms with Gasteiger partial charge in [0, 0.05) is 19.1 Å². The van der Waals surface area contributed by atoms with Crippen molar-refractivity contribution in [2.75, 3.05) is 14.1 Å². The molecule has 1 atom stereocenters. The highest BCUT2D eigenvalue weighted by atomic mass is 35.5. The summed E-state index contributed by atoms with van der Waals surface area (Å²) in [6.45, 7) is 3.79. The van der Waals surface area contributed by atoms with E-state index in [1.807, 2.05) is 31.2 Å². The third kappa shape index (κ3) is 4.01. The number of hydrogen-bond acceptors (Lipinski definition) is 4. The van der Waals surface area contributed by atoms with Crippen molar-refractivity contribution in [2.24, 2.45) is 0 Å². The second-order valence-corrected chi connectivity index (χ2v) is 8.27. The van der Waals surface area contributed by atoms with E-state index in [1.54, 1.807) is 43.8 Å². The van der Waals surface area contributed by atoms with E-state index in [9.17, 15) is 9.59 Å². The molecule has 5 nitrogen and oxygen atoms in total. The van der Waals surface area contributed by atoms with Crippen molar-refractivity contribution >= 4 is 40.2 Å². The molecule has 0 aliphatic heterocycles. The molecule has 1 aromatic heterocycles. The number of rotatable bonds is 4. The summed E-state index contributed by atoms with van der Waals surface area (Å²) in [5.74, 6) is -0.0455. The molecule has 0 aliphatic carbocycles. The molecule has 1 amide bonds. The lowest BCUT2D eigenvalue weighted by atomic mass is 10.2. The van der Waals surface area contributed by atoms with E-state index in [0.29, 0.717) is 26.8 Å². The molecule has 3 aromatic rings. The molecule has 0 fully saturated rings. The van der Waals surface area contributed by atoms with Crippen LogP contribution in [-0.4, -0.2) is 39.7 Å². The van der Waals surface area contributed by atoms with E-state index in [4.69, 9.17) is 11.6 Å². The van der Waals surface area contributed by atoms with Gasteiger partial charge in [-0.3, -0.25) is 14.2 Å². The first kappa shape index (κ1) is 19.5. The lowest BCUT2D eigenvalue weighted by Crippen LogP contribution is -2.31. The predicted molar refractivity (Wildman–Crippen MR) is 111 cm³/mol. The predicted octanol–water partition coefficient (Wildman–Crippen LogP) is 3.92. The molecule has 0 radical (unpaired) electrons. The number of fused-ring (bicyclic) bond motifs is 1. The number of carbonyl (C=O) groups is 1. The van der Waals surface area contributed by atoms with Gasteiger partial charge in [0.05, 0.1) is 21.8 Å². The van der Waals surface area contributed by atoms with Crippen LogP contribution in [0.2, 0.25) is 5.02 Å². The first-order chi connectivity index (χ1) is 12.8. The fourth-order valence-electron chi connectivity index (χ4n) is 2.71. The quantitative estimate of drug-likeness (QED) is 0.491. The molecule has 0 saturated carbocycles. The van der Waals surface area contributed by atoms with Crippen LogP contribution >= 0.6 is 23.4 Å². The number of aryl methyl sites for hydroxylation is 1. The van der Waals surface area contributed by atoms with Crippen LogP contribution in [0.5, 0.6) is 0 Å². The zero-order chi connectivity index (χ0) is 19.7. The van der Waals surface area contributed by atoms with Gasteiger partial charge < -0.3 is 4.90 Å². The Balaban J connectivity index is 2.22. The lowest BCUT2D eigenvalue weighted by Gasteiger charge is -2.19. The molecule has 2 aromatic carbocycles. The highest BCUT2D eigenvalue weighted by molar-refractivity contribution is 8.00. The summed E-state index contributed by atoms with van der Waals surface area (Å²) in [6.07, 6.45) is 0. The van der Waals surface area contributed by atoms with Crippen LogP contribution in [0.3, 0.4) is 0 Å². The van der Waals surface area contributed by atoms with Gasteiger partial charge in [-0.1, -0.05) is 41.1 Å². The van der Waals surface area contributed by atoms with Crippen LogP contribution in [0.15, 0.2) is 52.4 Å². The van der Waals surface area contributed by atoms with Gasteiger partial charge in [0.15, 0.2) is 5.16 Å². The van der Waals surface area contributed by atoms with Crippen LogP contribution < -0.4 is 5.56 Å². The van der Waals surface area contributed by atoms with E-state index in [2.05, 4.69) is 4.98 Å². The highest BCUT2D eigenvalue weighted by Gasteiger charge is 2.21. The van der Waals surface area contributed by atoms with Gasteiger partial charge in [-0.05, 0) is 44.2 Å². The maximum Gasteiger partial charge on any atom is 0.266 e. The maximum absolute atomic E-state index is 13.2. The van der Waals surface area contributed by atoms with Gasteiger partial charge in [-0.2, -0.15) is 0 Å². The van der Waals surface area contributed by atoms with Gasteiger partial charge in [-0.15, -0.1) is 0 Å². The van der Waals surface area contributed by atoms with Crippen LogP contribution in [0, 0.1) is 6.92 Å². The number of carbonyl (C=O) groups excluding carboxylic acids is 1. The topological polar surface area (TPSA) is 55.2 Å². The number of hydrogen-bond donors (Lipinski definition) is 0. The summed E-state index contributed by atoms with van der Waals surface area (Å²) < 4.78 is 1.56. The van der Waals surface area contributed by atoms with E-state index >= 15 is 0 Å². The van der Waals surface area contributed by atoms with Crippen LogP contribution in [-0.2, 0) is 4.79 Å². The van der Waals surface area contributed by atoms with E-state index < -0.39 is 0 Å². The van der Waals surface area contributed by atoms with Crippen molar-refractivity contribution in [2.45, 2.75) is 24.3 Å². The smallest absolute Gasteiger partial charge is 0.266 e. The Morgan fingerprint density at radius 3 is 2.48 bits per heavy atom. The molecule has 0 bridgehead atoms. The summed E-state index contributed by atoms with van der Waals surface area (Å²) in [5, 5.41) is 1.06. The standard InChI is InChI=1S/C20H20ClN3O2S/c1-12-5-8-15(9-6-12)24-19(26)16-10-7-14(21)11-17(16)22-20(24)27-13(2)18(25)23(3)4/h5-11,13H,1-4H3/t13-/m0/s1. The Labute approximate surface area is 167 Å². The maximum atomic E-state index is 13.2. The Kier molecular flexibility index (Phi) is 5.58. The summed E-state index contributed by atoms with van der Waals surface area (Å²) in [7, 11) is 3.42. The molecular formula is C20H20ClN3O2S. The molecule has 0 N–H and O–H groups in total. The first-order valence-corrected chi connectivity index (χ1v) is 9.71. The zero-order valence-electron chi connectivity index (χ0n) is 15.6. The Bertz CT molecular complexity index is 1060. The molecule has 0 saturated heterocycles. The van der Waals surface area contributed by atoms with Crippen molar-refractivity contribution in [1.29, 1.82) is 0 Å². The van der Waals surface area contributed by atoms with Gasteiger partial charge in [0.2, 0.25) is 5.91 Å². The number of thioether (sulfide) groups is 1. The molecular weight excluding hydrogens is 382 g/mol. The van der Waals surface area contributed by atoms with Crippen LogP contribution in [0.4, 0.5) is 0 Å². The number of halogens is 1. The largest absolute Gasteiger partial charge is 0.348 e. The average Bonchev–Trinajstić information content (AvgIpc) is 2.62. The minimum Gasteiger partial charge on any atom is -0.348 e. The molecule has 3 rings (SSSR count). The third-order valence-electron chi connectivity index (χ3n) is 4.16. The van der Waals surface area contributed by atoms with Crippen molar-refractivity contribution in [3.05, 3.63) is 63.4 Å². The molecule has 0 aliphatic rings. The highest BCUT2D eigenvalue weighted by Crippen LogP contribution is 2.26. The van der Waals surface area contributed by atoms with Crippen molar-refractivity contribution in [1.82, 2.24) is 14.5 Å².